The number of amides is 1. The summed E-state index contributed by atoms with van der Waals surface area (Å²) in [6.07, 6.45) is -3.55. The van der Waals surface area contributed by atoms with Crippen molar-refractivity contribution in [3.05, 3.63) is 89.7 Å². The fraction of sp³-hybridized carbons (Fsp3) is 0.136. The van der Waals surface area contributed by atoms with Crippen molar-refractivity contribution in [2.45, 2.75) is 19.1 Å². The van der Waals surface area contributed by atoms with Gasteiger partial charge in [-0.1, -0.05) is 60.7 Å². The van der Waals surface area contributed by atoms with Gasteiger partial charge in [0.25, 0.3) is 5.91 Å². The molecule has 30 heavy (non-hydrogen) atoms. The monoisotopic (exact) mass is 410 g/mol. The van der Waals surface area contributed by atoms with Crippen LogP contribution in [0.4, 0.5) is 13.2 Å². The van der Waals surface area contributed by atoms with E-state index in [2.05, 4.69) is 15.4 Å². The highest BCUT2D eigenvalue weighted by Crippen LogP contribution is 2.32. The number of carbonyl (C=O) groups is 1. The second-order valence-electron chi connectivity index (χ2n) is 6.79. The molecule has 0 aliphatic rings. The zero-order valence-corrected chi connectivity index (χ0v) is 15.9. The summed E-state index contributed by atoms with van der Waals surface area (Å²) in [6.45, 7) is 1.79. The van der Waals surface area contributed by atoms with Crippen molar-refractivity contribution in [3.63, 3.8) is 0 Å². The molecule has 8 heteroatoms. The van der Waals surface area contributed by atoms with Crippen LogP contribution in [-0.4, -0.2) is 20.5 Å². The number of rotatable bonds is 4. The second-order valence-corrected chi connectivity index (χ2v) is 6.79. The van der Waals surface area contributed by atoms with Crippen LogP contribution in [0.1, 0.15) is 34.6 Å². The molecule has 0 radical (unpaired) electrons. The lowest BCUT2D eigenvalue weighted by atomic mass is 10.1. The normalized spacial score (nSPS) is 12.7. The molecule has 2 aromatic heterocycles. The minimum atomic E-state index is -4.66. The molecule has 152 valence electrons. The summed E-state index contributed by atoms with van der Waals surface area (Å²) in [5, 5.41) is 6.59. The largest absolute Gasteiger partial charge is 0.433 e. The molecule has 0 fully saturated rings. The Hall–Kier alpha value is -3.68. The van der Waals surface area contributed by atoms with E-state index < -0.39 is 17.8 Å². The first kappa shape index (κ1) is 19.6. The first-order chi connectivity index (χ1) is 14.3. The SMILES string of the molecule is CC(NC(=O)c1cnn2c(C(F)(F)F)cc(-c3ccccc3)nc12)c1ccccc1. The third-order valence-electron chi connectivity index (χ3n) is 4.72. The van der Waals surface area contributed by atoms with E-state index in [-0.39, 0.29) is 22.9 Å². The van der Waals surface area contributed by atoms with E-state index in [4.69, 9.17) is 0 Å². The Morgan fingerprint density at radius 3 is 2.30 bits per heavy atom. The van der Waals surface area contributed by atoms with Crippen molar-refractivity contribution in [2.24, 2.45) is 0 Å². The highest BCUT2D eigenvalue weighted by atomic mass is 19.4. The van der Waals surface area contributed by atoms with E-state index in [1.165, 1.54) is 0 Å². The van der Waals surface area contributed by atoms with E-state index in [1.807, 2.05) is 30.3 Å². The number of hydrogen-bond acceptors (Lipinski definition) is 3. The number of fused-ring (bicyclic) bond motifs is 1. The average molecular weight is 410 g/mol. The van der Waals surface area contributed by atoms with E-state index in [1.54, 1.807) is 37.3 Å². The molecule has 0 saturated carbocycles. The van der Waals surface area contributed by atoms with Crippen LogP contribution < -0.4 is 5.32 Å². The van der Waals surface area contributed by atoms with Crippen molar-refractivity contribution < 1.29 is 18.0 Å². The van der Waals surface area contributed by atoms with Crippen LogP contribution in [0.25, 0.3) is 16.9 Å². The molecule has 4 rings (SSSR count). The molecule has 2 aromatic carbocycles. The Morgan fingerprint density at radius 1 is 1.03 bits per heavy atom. The Bertz CT molecular complexity index is 1190. The molecule has 2 heterocycles. The highest BCUT2D eigenvalue weighted by molar-refractivity contribution is 6.00. The summed E-state index contributed by atoms with van der Waals surface area (Å²) in [4.78, 5) is 17.1. The molecule has 0 saturated heterocycles. The molecule has 0 aliphatic heterocycles. The molecule has 5 nitrogen and oxygen atoms in total. The summed E-state index contributed by atoms with van der Waals surface area (Å²) >= 11 is 0. The quantitative estimate of drug-likeness (QED) is 0.520. The van der Waals surface area contributed by atoms with Crippen LogP contribution >= 0.6 is 0 Å². The summed E-state index contributed by atoms with van der Waals surface area (Å²) in [5.41, 5.74) is 0.317. The third-order valence-corrected chi connectivity index (χ3v) is 4.72. The topological polar surface area (TPSA) is 59.3 Å². The van der Waals surface area contributed by atoms with Gasteiger partial charge in [0, 0.05) is 5.56 Å². The van der Waals surface area contributed by atoms with Crippen LogP contribution in [0.15, 0.2) is 72.9 Å². The molecular formula is C22H17F3N4O. The maximum absolute atomic E-state index is 13.7. The minimum absolute atomic E-state index is 0.0268. The van der Waals surface area contributed by atoms with Crippen molar-refractivity contribution in [3.8, 4) is 11.3 Å². The zero-order chi connectivity index (χ0) is 21.3. The number of nitrogens with zero attached hydrogens (tertiary/aromatic N) is 3. The molecule has 0 aliphatic carbocycles. The van der Waals surface area contributed by atoms with Gasteiger partial charge < -0.3 is 5.32 Å². The van der Waals surface area contributed by atoms with Gasteiger partial charge in [0.15, 0.2) is 11.3 Å². The predicted octanol–water partition coefficient (Wildman–Crippen LogP) is 4.91. The second kappa shape index (κ2) is 7.62. The van der Waals surface area contributed by atoms with Gasteiger partial charge in [-0.3, -0.25) is 4.79 Å². The third kappa shape index (κ3) is 3.76. The van der Waals surface area contributed by atoms with E-state index in [0.717, 1.165) is 17.8 Å². The molecular weight excluding hydrogens is 393 g/mol. The zero-order valence-electron chi connectivity index (χ0n) is 15.9. The number of halogens is 3. The van der Waals surface area contributed by atoms with Crippen LogP contribution in [0.5, 0.6) is 0 Å². The van der Waals surface area contributed by atoms with Gasteiger partial charge in [0.2, 0.25) is 0 Å². The number of benzene rings is 2. The standard InChI is InChI=1S/C22H17F3N4O/c1-14(15-8-4-2-5-9-15)27-21(30)17-13-26-29-19(22(23,24)25)12-18(28-20(17)29)16-10-6-3-7-11-16/h2-14H,1H3,(H,27,30). The molecule has 0 spiro atoms. The Labute approximate surface area is 170 Å². The highest BCUT2D eigenvalue weighted by Gasteiger charge is 2.36. The number of nitrogens with one attached hydrogen (secondary N) is 1. The van der Waals surface area contributed by atoms with Crippen LogP contribution in [0.3, 0.4) is 0 Å². The van der Waals surface area contributed by atoms with E-state index in [9.17, 15) is 18.0 Å². The lowest BCUT2D eigenvalue weighted by molar-refractivity contribution is -0.142. The molecule has 1 atom stereocenters. The predicted molar refractivity (Wildman–Crippen MR) is 106 cm³/mol. The van der Waals surface area contributed by atoms with Gasteiger partial charge in [0.05, 0.1) is 17.9 Å². The smallest absolute Gasteiger partial charge is 0.345 e. The molecule has 1 unspecified atom stereocenters. The summed E-state index contributed by atoms with van der Waals surface area (Å²) in [7, 11) is 0. The lowest BCUT2D eigenvalue weighted by Gasteiger charge is -2.14. The van der Waals surface area contributed by atoms with Crippen molar-refractivity contribution in [1.29, 1.82) is 0 Å². The number of alkyl halides is 3. The van der Waals surface area contributed by atoms with Gasteiger partial charge in [-0.05, 0) is 18.6 Å². The maximum atomic E-state index is 13.7. The molecule has 1 amide bonds. The van der Waals surface area contributed by atoms with Gasteiger partial charge in [-0.2, -0.15) is 18.3 Å². The summed E-state index contributed by atoms with van der Waals surface area (Å²) < 4.78 is 41.7. The lowest BCUT2D eigenvalue weighted by Crippen LogP contribution is -2.26. The van der Waals surface area contributed by atoms with E-state index >= 15 is 0 Å². The summed E-state index contributed by atoms with van der Waals surface area (Å²) in [6, 6.07) is 18.3. The average Bonchev–Trinajstić information content (AvgIpc) is 3.17. The number of aromatic nitrogens is 3. The van der Waals surface area contributed by atoms with Gasteiger partial charge in [-0.15, -0.1) is 0 Å². The van der Waals surface area contributed by atoms with Crippen molar-refractivity contribution in [2.75, 3.05) is 0 Å². The van der Waals surface area contributed by atoms with Crippen molar-refractivity contribution >= 4 is 11.6 Å². The minimum Gasteiger partial charge on any atom is -0.345 e. The fourth-order valence-electron chi connectivity index (χ4n) is 3.18. The van der Waals surface area contributed by atoms with Gasteiger partial charge in [-0.25, -0.2) is 9.50 Å². The van der Waals surface area contributed by atoms with Crippen LogP contribution in [0.2, 0.25) is 0 Å². The van der Waals surface area contributed by atoms with E-state index in [0.29, 0.717) is 10.1 Å². The first-order valence-electron chi connectivity index (χ1n) is 9.22. The Balaban J connectivity index is 1.78. The molecule has 1 N–H and O–H groups in total. The van der Waals surface area contributed by atoms with Gasteiger partial charge in [0.1, 0.15) is 5.56 Å². The molecule has 0 bridgehead atoms. The number of hydrogen-bond donors (Lipinski definition) is 1. The first-order valence-corrected chi connectivity index (χ1v) is 9.22. The number of carbonyl (C=O) groups excluding carboxylic acids is 1. The van der Waals surface area contributed by atoms with Crippen LogP contribution in [0, 0.1) is 0 Å². The van der Waals surface area contributed by atoms with Gasteiger partial charge >= 0.3 is 6.18 Å². The van der Waals surface area contributed by atoms with Crippen LogP contribution in [-0.2, 0) is 6.18 Å². The fourth-order valence-corrected chi connectivity index (χ4v) is 3.18. The molecule has 4 aromatic rings. The Morgan fingerprint density at radius 2 is 1.67 bits per heavy atom. The Kier molecular flexibility index (Phi) is 4.99. The maximum Gasteiger partial charge on any atom is 0.433 e. The summed E-state index contributed by atoms with van der Waals surface area (Å²) in [5.74, 6) is -0.549. The van der Waals surface area contributed by atoms with Crippen molar-refractivity contribution in [1.82, 2.24) is 19.9 Å².